The van der Waals surface area contributed by atoms with Crippen LogP contribution in [0.3, 0.4) is 0 Å². The van der Waals surface area contributed by atoms with Crippen LogP contribution in [-0.4, -0.2) is 29.3 Å². The minimum atomic E-state index is -0.812. The summed E-state index contributed by atoms with van der Waals surface area (Å²) in [5.41, 5.74) is 3.81. The number of nitrogens with zero attached hydrogens (tertiary/aromatic N) is 1. The quantitative estimate of drug-likeness (QED) is 0.564. The molecule has 2 atom stereocenters. The zero-order valence-electron chi connectivity index (χ0n) is 16.2. The van der Waals surface area contributed by atoms with Gasteiger partial charge in [0.05, 0.1) is 24.8 Å². The summed E-state index contributed by atoms with van der Waals surface area (Å²) in [4.78, 5) is 15.3. The van der Waals surface area contributed by atoms with Crippen molar-refractivity contribution in [3.63, 3.8) is 0 Å². The van der Waals surface area contributed by atoms with Crippen LogP contribution in [0.25, 0.3) is 0 Å². The Morgan fingerprint density at radius 2 is 2.00 bits per heavy atom. The number of anilines is 3. The van der Waals surface area contributed by atoms with Crippen LogP contribution in [0.5, 0.6) is 11.5 Å². The molecule has 7 heteroatoms. The number of carboxylic acids is 1. The van der Waals surface area contributed by atoms with Crippen molar-refractivity contribution in [2.24, 2.45) is 0 Å². The van der Waals surface area contributed by atoms with Gasteiger partial charge in [0, 0.05) is 35.0 Å². The van der Waals surface area contributed by atoms with Crippen molar-refractivity contribution < 1.29 is 19.4 Å². The number of aliphatic carboxylic acids is 1. The lowest BCUT2D eigenvalue weighted by Crippen LogP contribution is -2.11. The summed E-state index contributed by atoms with van der Waals surface area (Å²) in [5.74, 6) is 1.42. The standard InChI is InChI=1S/C23H21N3O4/c27-22(28)10-14-12-29-20-11-15(7-8-16(14)20)25-19-13-30-23-17(19)4-3-5-18(23)26-21-6-1-2-9-24-21/h1-9,11,14,19,25H,10,12-13H2,(H,24,26)(H,27,28). The molecule has 0 bridgehead atoms. The first kappa shape index (κ1) is 18.3. The average Bonchev–Trinajstić information content (AvgIpc) is 3.33. The van der Waals surface area contributed by atoms with E-state index in [2.05, 4.69) is 21.7 Å². The second-order valence-corrected chi connectivity index (χ2v) is 7.43. The van der Waals surface area contributed by atoms with E-state index in [1.807, 2.05) is 48.5 Å². The number of hydrogen-bond donors (Lipinski definition) is 3. The molecule has 0 radical (unpaired) electrons. The first-order valence-electron chi connectivity index (χ1n) is 9.86. The zero-order chi connectivity index (χ0) is 20.5. The maximum absolute atomic E-state index is 11.0. The molecule has 2 aromatic carbocycles. The number of fused-ring (bicyclic) bond motifs is 2. The van der Waals surface area contributed by atoms with Crippen LogP contribution in [0.2, 0.25) is 0 Å². The fraction of sp³-hybridized carbons (Fsp3) is 0.217. The van der Waals surface area contributed by atoms with Gasteiger partial charge in [-0.3, -0.25) is 4.79 Å². The van der Waals surface area contributed by atoms with Crippen molar-refractivity contribution >= 4 is 23.2 Å². The van der Waals surface area contributed by atoms with E-state index in [1.54, 1.807) is 6.20 Å². The first-order chi connectivity index (χ1) is 14.7. The van der Waals surface area contributed by atoms with Crippen LogP contribution >= 0.6 is 0 Å². The van der Waals surface area contributed by atoms with Crippen molar-refractivity contribution in [1.82, 2.24) is 4.98 Å². The summed E-state index contributed by atoms with van der Waals surface area (Å²) in [5, 5.41) is 15.9. The summed E-state index contributed by atoms with van der Waals surface area (Å²) in [6, 6.07) is 17.6. The Balaban J connectivity index is 1.34. The molecule has 152 valence electrons. The second-order valence-electron chi connectivity index (χ2n) is 7.43. The summed E-state index contributed by atoms with van der Waals surface area (Å²) in [7, 11) is 0. The van der Waals surface area contributed by atoms with Gasteiger partial charge in [0.25, 0.3) is 0 Å². The van der Waals surface area contributed by atoms with Gasteiger partial charge in [0.1, 0.15) is 23.9 Å². The Hall–Kier alpha value is -3.74. The van der Waals surface area contributed by atoms with Gasteiger partial charge in [0.15, 0.2) is 0 Å². The van der Waals surface area contributed by atoms with Crippen LogP contribution in [-0.2, 0) is 4.79 Å². The van der Waals surface area contributed by atoms with E-state index in [1.165, 1.54) is 0 Å². The van der Waals surface area contributed by atoms with Gasteiger partial charge in [-0.2, -0.15) is 0 Å². The van der Waals surface area contributed by atoms with E-state index >= 15 is 0 Å². The SMILES string of the molecule is O=C(O)CC1COc2cc(NC3COc4c(Nc5ccccn5)cccc43)ccc21. The number of para-hydroxylation sites is 1. The lowest BCUT2D eigenvalue weighted by molar-refractivity contribution is -0.137. The van der Waals surface area contributed by atoms with Crippen LogP contribution in [0, 0.1) is 0 Å². The molecule has 30 heavy (non-hydrogen) atoms. The Bertz CT molecular complexity index is 1090. The van der Waals surface area contributed by atoms with Gasteiger partial charge in [-0.25, -0.2) is 4.98 Å². The Kier molecular flexibility index (Phi) is 4.63. The lowest BCUT2D eigenvalue weighted by Gasteiger charge is -2.15. The van der Waals surface area contributed by atoms with Gasteiger partial charge in [0.2, 0.25) is 0 Å². The molecule has 2 aliphatic rings. The van der Waals surface area contributed by atoms with Crippen LogP contribution < -0.4 is 20.1 Å². The van der Waals surface area contributed by atoms with E-state index < -0.39 is 5.97 Å². The molecule has 3 aromatic rings. The molecule has 3 heterocycles. The lowest BCUT2D eigenvalue weighted by atomic mass is 9.97. The van der Waals surface area contributed by atoms with Crippen molar-refractivity contribution in [2.75, 3.05) is 23.8 Å². The molecule has 3 N–H and O–H groups in total. The topological polar surface area (TPSA) is 92.7 Å². The summed E-state index contributed by atoms with van der Waals surface area (Å²) < 4.78 is 11.7. The van der Waals surface area contributed by atoms with Crippen LogP contribution in [0.15, 0.2) is 60.8 Å². The number of ether oxygens (including phenoxy) is 2. The third kappa shape index (κ3) is 3.50. The van der Waals surface area contributed by atoms with Crippen molar-refractivity contribution in [2.45, 2.75) is 18.4 Å². The van der Waals surface area contributed by atoms with Gasteiger partial charge in [-0.1, -0.05) is 24.3 Å². The summed E-state index contributed by atoms with van der Waals surface area (Å²) >= 11 is 0. The minimum absolute atomic E-state index is 0.000230. The highest BCUT2D eigenvalue weighted by Crippen LogP contribution is 2.42. The minimum Gasteiger partial charge on any atom is -0.493 e. The van der Waals surface area contributed by atoms with E-state index in [4.69, 9.17) is 14.6 Å². The van der Waals surface area contributed by atoms with Gasteiger partial charge < -0.3 is 25.2 Å². The highest BCUT2D eigenvalue weighted by molar-refractivity contribution is 5.70. The monoisotopic (exact) mass is 403 g/mol. The van der Waals surface area contributed by atoms with Crippen LogP contribution in [0.4, 0.5) is 17.2 Å². The third-order valence-corrected chi connectivity index (χ3v) is 5.40. The molecule has 2 unspecified atom stereocenters. The Labute approximate surface area is 173 Å². The summed E-state index contributed by atoms with van der Waals surface area (Å²) in [6.45, 7) is 0.916. The largest absolute Gasteiger partial charge is 0.493 e. The fourth-order valence-electron chi connectivity index (χ4n) is 3.99. The zero-order valence-corrected chi connectivity index (χ0v) is 16.2. The predicted molar refractivity (Wildman–Crippen MR) is 113 cm³/mol. The third-order valence-electron chi connectivity index (χ3n) is 5.40. The number of aromatic nitrogens is 1. The van der Waals surface area contributed by atoms with Crippen molar-refractivity contribution in [3.05, 3.63) is 71.9 Å². The molecule has 0 spiro atoms. The molecule has 0 fully saturated rings. The van der Waals surface area contributed by atoms with E-state index in [0.717, 1.165) is 39.8 Å². The molecule has 5 rings (SSSR count). The molecule has 7 nitrogen and oxygen atoms in total. The molecule has 0 saturated heterocycles. The fourth-order valence-corrected chi connectivity index (χ4v) is 3.99. The Morgan fingerprint density at radius 3 is 2.83 bits per heavy atom. The van der Waals surface area contributed by atoms with E-state index in [0.29, 0.717) is 13.2 Å². The normalized spacial score (nSPS) is 18.7. The van der Waals surface area contributed by atoms with Crippen molar-refractivity contribution in [1.29, 1.82) is 0 Å². The average molecular weight is 403 g/mol. The molecule has 0 amide bonds. The molecular weight excluding hydrogens is 382 g/mol. The van der Waals surface area contributed by atoms with E-state index in [-0.39, 0.29) is 18.4 Å². The highest BCUT2D eigenvalue weighted by atomic mass is 16.5. The maximum atomic E-state index is 11.0. The van der Waals surface area contributed by atoms with Gasteiger partial charge in [-0.15, -0.1) is 0 Å². The van der Waals surface area contributed by atoms with Crippen LogP contribution in [0.1, 0.15) is 29.5 Å². The summed E-state index contributed by atoms with van der Waals surface area (Å²) in [6.07, 6.45) is 1.82. The Morgan fingerprint density at radius 1 is 1.07 bits per heavy atom. The smallest absolute Gasteiger partial charge is 0.304 e. The molecular formula is C23H21N3O4. The van der Waals surface area contributed by atoms with Crippen molar-refractivity contribution in [3.8, 4) is 11.5 Å². The number of nitrogens with one attached hydrogen (secondary N) is 2. The molecule has 1 aromatic heterocycles. The number of benzene rings is 2. The number of hydrogen-bond acceptors (Lipinski definition) is 6. The number of rotatable bonds is 6. The highest BCUT2D eigenvalue weighted by Gasteiger charge is 2.29. The first-order valence-corrected chi connectivity index (χ1v) is 9.86. The molecule has 2 aliphatic heterocycles. The molecule has 0 saturated carbocycles. The van der Waals surface area contributed by atoms with Gasteiger partial charge in [-0.05, 0) is 24.3 Å². The predicted octanol–water partition coefficient (Wildman–Crippen LogP) is 4.32. The second kappa shape index (κ2) is 7.59. The number of carboxylic acid groups (broad SMARTS) is 1. The number of pyridine rings is 1. The maximum Gasteiger partial charge on any atom is 0.304 e. The molecule has 0 aliphatic carbocycles. The number of carbonyl (C=O) groups is 1. The van der Waals surface area contributed by atoms with Gasteiger partial charge >= 0.3 is 5.97 Å². The van der Waals surface area contributed by atoms with E-state index in [9.17, 15) is 4.79 Å².